The highest BCUT2D eigenvalue weighted by Crippen LogP contribution is 2.40. The van der Waals surface area contributed by atoms with E-state index in [1.165, 1.54) is 6.07 Å². The van der Waals surface area contributed by atoms with Crippen molar-refractivity contribution in [3.63, 3.8) is 0 Å². The average Bonchev–Trinajstić information content (AvgIpc) is 2.70. The second-order valence-corrected chi connectivity index (χ2v) is 9.33. The lowest BCUT2D eigenvalue weighted by Gasteiger charge is -2.25. The SMILES string of the molecule is O=C(O)c1cc(Cl)ccc1Nc1c(C2CCSCC2)cnc2ccc(Br)cc12. The Kier molecular flexibility index (Phi) is 5.80. The van der Waals surface area contributed by atoms with E-state index >= 15 is 0 Å². The summed E-state index contributed by atoms with van der Waals surface area (Å²) < 4.78 is 0.954. The highest BCUT2D eigenvalue weighted by atomic mass is 79.9. The van der Waals surface area contributed by atoms with Crippen molar-refractivity contribution in [2.75, 3.05) is 16.8 Å². The van der Waals surface area contributed by atoms with Crippen molar-refractivity contribution in [3.05, 3.63) is 63.2 Å². The van der Waals surface area contributed by atoms with Crippen LogP contribution in [0.25, 0.3) is 10.9 Å². The van der Waals surface area contributed by atoms with E-state index in [0.29, 0.717) is 16.6 Å². The zero-order valence-corrected chi connectivity index (χ0v) is 18.1. The second kappa shape index (κ2) is 8.31. The van der Waals surface area contributed by atoms with Crippen molar-refractivity contribution < 1.29 is 9.90 Å². The predicted molar refractivity (Wildman–Crippen MR) is 120 cm³/mol. The summed E-state index contributed by atoms with van der Waals surface area (Å²) in [6, 6.07) is 10.8. The summed E-state index contributed by atoms with van der Waals surface area (Å²) >= 11 is 11.5. The van der Waals surface area contributed by atoms with Crippen molar-refractivity contribution in [1.82, 2.24) is 4.98 Å². The minimum Gasteiger partial charge on any atom is -0.478 e. The molecule has 1 aliphatic rings. The monoisotopic (exact) mass is 476 g/mol. The van der Waals surface area contributed by atoms with Gasteiger partial charge in [0, 0.05) is 21.1 Å². The molecule has 2 N–H and O–H groups in total. The van der Waals surface area contributed by atoms with Gasteiger partial charge in [0.05, 0.1) is 22.5 Å². The Labute approximate surface area is 180 Å². The number of nitrogens with one attached hydrogen (secondary N) is 1. The molecule has 28 heavy (non-hydrogen) atoms. The number of anilines is 2. The molecule has 0 atom stereocenters. The Bertz CT molecular complexity index is 1050. The van der Waals surface area contributed by atoms with Gasteiger partial charge >= 0.3 is 5.97 Å². The van der Waals surface area contributed by atoms with Gasteiger partial charge in [-0.2, -0.15) is 11.8 Å². The largest absolute Gasteiger partial charge is 0.478 e. The lowest BCUT2D eigenvalue weighted by atomic mass is 9.91. The summed E-state index contributed by atoms with van der Waals surface area (Å²) in [6.45, 7) is 0. The van der Waals surface area contributed by atoms with Crippen molar-refractivity contribution in [2.24, 2.45) is 0 Å². The third-order valence-electron chi connectivity index (χ3n) is 4.99. The molecule has 0 amide bonds. The molecule has 1 aliphatic heterocycles. The lowest BCUT2D eigenvalue weighted by Crippen LogP contribution is -2.12. The summed E-state index contributed by atoms with van der Waals surface area (Å²) in [5.74, 6) is 1.64. The molecule has 7 heteroatoms. The number of pyridine rings is 1. The molecule has 0 saturated carbocycles. The van der Waals surface area contributed by atoms with Gasteiger partial charge in [-0.05, 0) is 72.2 Å². The molecule has 0 unspecified atom stereocenters. The Morgan fingerprint density at radius 3 is 2.75 bits per heavy atom. The zero-order valence-electron chi connectivity index (χ0n) is 14.9. The van der Waals surface area contributed by atoms with E-state index in [-0.39, 0.29) is 5.56 Å². The summed E-state index contributed by atoms with van der Waals surface area (Å²) in [5, 5.41) is 14.4. The number of carbonyl (C=O) groups is 1. The zero-order chi connectivity index (χ0) is 19.7. The number of rotatable bonds is 4. The Morgan fingerprint density at radius 1 is 1.21 bits per heavy atom. The van der Waals surface area contributed by atoms with Crippen molar-refractivity contribution >= 4 is 67.5 Å². The molecule has 0 radical (unpaired) electrons. The molecule has 0 spiro atoms. The second-order valence-electron chi connectivity index (χ2n) is 6.76. The van der Waals surface area contributed by atoms with Crippen molar-refractivity contribution in [1.29, 1.82) is 0 Å². The molecule has 2 aromatic carbocycles. The van der Waals surface area contributed by atoms with Crippen LogP contribution in [0.5, 0.6) is 0 Å². The van der Waals surface area contributed by atoms with Crippen LogP contribution in [0.15, 0.2) is 47.1 Å². The number of aromatic carboxylic acids is 1. The first-order valence-corrected chi connectivity index (χ1v) is 11.3. The molecule has 1 saturated heterocycles. The minimum absolute atomic E-state index is 0.151. The first-order valence-electron chi connectivity index (χ1n) is 8.98. The lowest BCUT2D eigenvalue weighted by molar-refractivity contribution is 0.0698. The van der Waals surface area contributed by atoms with E-state index in [2.05, 4.69) is 26.2 Å². The standard InChI is InChI=1S/C21H18BrClN2O2S/c22-13-1-3-18-15(9-13)20(17(11-24-18)12-5-7-28-8-6-12)25-19-4-2-14(23)10-16(19)21(26)27/h1-4,9-12H,5-8H2,(H,24,25)(H,26,27). The van der Waals surface area contributed by atoms with Gasteiger partial charge in [-0.1, -0.05) is 27.5 Å². The van der Waals surface area contributed by atoms with E-state index in [1.54, 1.807) is 12.1 Å². The fourth-order valence-corrected chi connectivity index (χ4v) is 5.21. The normalized spacial score (nSPS) is 14.9. The maximum absolute atomic E-state index is 11.7. The molecule has 2 heterocycles. The fourth-order valence-electron chi connectivity index (χ4n) is 3.57. The third-order valence-corrected chi connectivity index (χ3v) is 6.77. The number of carboxylic acids is 1. The highest BCUT2D eigenvalue weighted by Gasteiger charge is 2.22. The van der Waals surface area contributed by atoms with Crippen LogP contribution < -0.4 is 5.32 Å². The van der Waals surface area contributed by atoms with Gasteiger partial charge in [0.1, 0.15) is 0 Å². The van der Waals surface area contributed by atoms with Crippen LogP contribution in [0.1, 0.15) is 34.7 Å². The first-order chi connectivity index (χ1) is 13.5. The van der Waals surface area contributed by atoms with Gasteiger partial charge in [0.15, 0.2) is 0 Å². The fraction of sp³-hybridized carbons (Fsp3) is 0.238. The van der Waals surface area contributed by atoms with Crippen LogP contribution >= 0.6 is 39.3 Å². The van der Waals surface area contributed by atoms with E-state index < -0.39 is 5.97 Å². The molecular weight excluding hydrogens is 460 g/mol. The van der Waals surface area contributed by atoms with E-state index in [4.69, 9.17) is 11.6 Å². The number of thioether (sulfide) groups is 1. The maximum atomic E-state index is 11.7. The number of benzene rings is 2. The minimum atomic E-state index is -1.01. The van der Waals surface area contributed by atoms with Gasteiger partial charge < -0.3 is 10.4 Å². The van der Waals surface area contributed by atoms with Crippen LogP contribution in [-0.4, -0.2) is 27.6 Å². The molecule has 144 valence electrons. The third kappa shape index (κ3) is 4.00. The molecule has 0 aliphatic carbocycles. The first kappa shape index (κ1) is 19.6. The highest BCUT2D eigenvalue weighted by molar-refractivity contribution is 9.10. The quantitative estimate of drug-likeness (QED) is 0.437. The average molecular weight is 478 g/mol. The van der Waals surface area contributed by atoms with E-state index in [1.807, 2.05) is 36.2 Å². The summed E-state index contributed by atoms with van der Waals surface area (Å²) in [7, 11) is 0. The number of carboxylic acid groups (broad SMARTS) is 1. The summed E-state index contributed by atoms with van der Waals surface area (Å²) in [5.41, 5.74) is 3.60. The van der Waals surface area contributed by atoms with E-state index in [9.17, 15) is 9.90 Å². The number of aromatic nitrogens is 1. The molecule has 3 aromatic rings. The Morgan fingerprint density at radius 2 is 2.00 bits per heavy atom. The van der Waals surface area contributed by atoms with Gasteiger partial charge in [0.2, 0.25) is 0 Å². The molecule has 0 bridgehead atoms. The Balaban J connectivity index is 1.88. The Hall–Kier alpha value is -1.76. The number of halogens is 2. The van der Waals surface area contributed by atoms with Crippen molar-refractivity contribution in [3.8, 4) is 0 Å². The van der Waals surface area contributed by atoms with Gasteiger partial charge in [-0.3, -0.25) is 4.98 Å². The van der Waals surface area contributed by atoms with Crippen molar-refractivity contribution in [2.45, 2.75) is 18.8 Å². The number of fused-ring (bicyclic) bond motifs is 1. The molecule has 4 nitrogen and oxygen atoms in total. The van der Waals surface area contributed by atoms with Crippen LogP contribution in [0, 0.1) is 0 Å². The van der Waals surface area contributed by atoms with Gasteiger partial charge in [0.25, 0.3) is 0 Å². The summed E-state index contributed by atoms with van der Waals surface area (Å²) in [4.78, 5) is 16.4. The van der Waals surface area contributed by atoms with Crippen LogP contribution in [0.3, 0.4) is 0 Å². The smallest absolute Gasteiger partial charge is 0.337 e. The van der Waals surface area contributed by atoms with Gasteiger partial charge in [-0.25, -0.2) is 4.79 Å². The molecule has 4 rings (SSSR count). The van der Waals surface area contributed by atoms with E-state index in [0.717, 1.165) is 51.0 Å². The maximum Gasteiger partial charge on any atom is 0.337 e. The molecular formula is C21H18BrClN2O2S. The van der Waals surface area contributed by atoms with Crippen LogP contribution in [0.2, 0.25) is 5.02 Å². The van der Waals surface area contributed by atoms with Crippen LogP contribution in [0.4, 0.5) is 11.4 Å². The number of hydrogen-bond donors (Lipinski definition) is 2. The number of hydrogen-bond acceptors (Lipinski definition) is 4. The molecule has 1 aromatic heterocycles. The topological polar surface area (TPSA) is 62.2 Å². The summed E-state index contributed by atoms with van der Waals surface area (Å²) in [6.07, 6.45) is 4.12. The van der Waals surface area contributed by atoms with Gasteiger partial charge in [-0.15, -0.1) is 0 Å². The predicted octanol–water partition coefficient (Wildman–Crippen LogP) is 6.70. The van der Waals surface area contributed by atoms with Crippen LogP contribution in [-0.2, 0) is 0 Å². The molecule has 1 fully saturated rings. The number of nitrogens with zero attached hydrogens (tertiary/aromatic N) is 1.